The Hall–Kier alpha value is -0.580. The molecule has 1 heterocycles. The Bertz CT molecular complexity index is 609. The molecule has 0 aliphatic carbocycles. The maximum atomic E-state index is 6.03. The van der Waals surface area contributed by atoms with Gasteiger partial charge < -0.3 is 10.1 Å². The Morgan fingerprint density at radius 2 is 1.90 bits per heavy atom. The maximum Gasteiger partial charge on any atom is 0.134 e. The van der Waals surface area contributed by atoms with Gasteiger partial charge in [-0.1, -0.05) is 28.1 Å². The third-order valence-corrected chi connectivity index (χ3v) is 5.13. The Kier molecular flexibility index (Phi) is 4.64. The number of hydrogen-bond acceptors (Lipinski definition) is 2. The number of piperidine rings is 1. The molecule has 2 aromatic carbocycles. The van der Waals surface area contributed by atoms with E-state index in [0.717, 1.165) is 34.4 Å². The SMILES string of the molecule is Brc1ccc2c(Br)c(OCC3CCNCC3)ccc2c1. The van der Waals surface area contributed by atoms with Gasteiger partial charge in [0.15, 0.2) is 0 Å². The fourth-order valence-corrected chi connectivity index (χ4v) is 3.60. The molecule has 3 rings (SSSR count). The number of benzene rings is 2. The molecule has 1 fully saturated rings. The third kappa shape index (κ3) is 3.18. The fourth-order valence-electron chi connectivity index (χ4n) is 2.61. The zero-order valence-electron chi connectivity index (χ0n) is 11.2. The standard InChI is InChI=1S/C16H17Br2NO/c17-13-2-3-14-12(9-13)1-4-15(16(14)18)20-10-11-5-7-19-8-6-11/h1-4,9,11,19H,5-8,10H2. The van der Waals surface area contributed by atoms with E-state index in [-0.39, 0.29) is 0 Å². The lowest BCUT2D eigenvalue weighted by Crippen LogP contribution is -2.30. The highest BCUT2D eigenvalue weighted by Gasteiger charge is 2.14. The van der Waals surface area contributed by atoms with Crippen LogP contribution in [0, 0.1) is 5.92 Å². The van der Waals surface area contributed by atoms with Crippen molar-refractivity contribution in [1.29, 1.82) is 0 Å². The molecule has 20 heavy (non-hydrogen) atoms. The molecule has 0 unspecified atom stereocenters. The minimum atomic E-state index is 0.670. The van der Waals surface area contributed by atoms with E-state index >= 15 is 0 Å². The van der Waals surface area contributed by atoms with Gasteiger partial charge in [0.2, 0.25) is 0 Å². The lowest BCUT2D eigenvalue weighted by Gasteiger charge is -2.23. The van der Waals surface area contributed by atoms with Gasteiger partial charge in [-0.2, -0.15) is 0 Å². The molecule has 106 valence electrons. The monoisotopic (exact) mass is 397 g/mol. The lowest BCUT2D eigenvalue weighted by atomic mass is 9.99. The van der Waals surface area contributed by atoms with Crippen molar-refractivity contribution in [3.05, 3.63) is 39.3 Å². The van der Waals surface area contributed by atoms with Crippen LogP contribution in [0.15, 0.2) is 39.3 Å². The van der Waals surface area contributed by atoms with E-state index in [0.29, 0.717) is 5.92 Å². The van der Waals surface area contributed by atoms with E-state index in [4.69, 9.17) is 4.74 Å². The summed E-state index contributed by atoms with van der Waals surface area (Å²) in [5, 5.41) is 5.78. The van der Waals surface area contributed by atoms with Crippen molar-refractivity contribution in [2.75, 3.05) is 19.7 Å². The summed E-state index contributed by atoms with van der Waals surface area (Å²) in [4.78, 5) is 0. The second-order valence-corrected chi connectivity index (χ2v) is 6.96. The van der Waals surface area contributed by atoms with Crippen LogP contribution in [-0.4, -0.2) is 19.7 Å². The molecule has 0 amide bonds. The number of halogens is 2. The third-order valence-electron chi connectivity index (χ3n) is 3.81. The van der Waals surface area contributed by atoms with Crippen LogP contribution < -0.4 is 10.1 Å². The van der Waals surface area contributed by atoms with Crippen LogP contribution in [-0.2, 0) is 0 Å². The Morgan fingerprint density at radius 1 is 1.10 bits per heavy atom. The molecular weight excluding hydrogens is 382 g/mol. The average molecular weight is 399 g/mol. The van der Waals surface area contributed by atoms with Gasteiger partial charge in [-0.3, -0.25) is 0 Å². The van der Waals surface area contributed by atoms with Crippen molar-refractivity contribution in [1.82, 2.24) is 5.32 Å². The summed E-state index contributed by atoms with van der Waals surface area (Å²) in [6, 6.07) is 10.5. The van der Waals surface area contributed by atoms with Crippen LogP contribution >= 0.6 is 31.9 Å². The summed E-state index contributed by atoms with van der Waals surface area (Å²) >= 11 is 7.18. The van der Waals surface area contributed by atoms with Gasteiger partial charge in [-0.15, -0.1) is 0 Å². The summed E-state index contributed by atoms with van der Waals surface area (Å²) < 4.78 is 8.18. The first kappa shape index (κ1) is 14.4. The van der Waals surface area contributed by atoms with Gasteiger partial charge in [0.25, 0.3) is 0 Å². The van der Waals surface area contributed by atoms with Crippen LogP contribution in [0.2, 0.25) is 0 Å². The molecule has 0 atom stereocenters. The van der Waals surface area contributed by atoms with E-state index < -0.39 is 0 Å². The molecule has 0 bridgehead atoms. The van der Waals surface area contributed by atoms with E-state index in [1.165, 1.54) is 23.6 Å². The minimum Gasteiger partial charge on any atom is -0.492 e. The Labute approximate surface area is 136 Å². The molecule has 0 spiro atoms. The minimum absolute atomic E-state index is 0.670. The first-order chi connectivity index (χ1) is 9.74. The van der Waals surface area contributed by atoms with Crippen LogP contribution in [0.25, 0.3) is 10.8 Å². The van der Waals surface area contributed by atoms with Gasteiger partial charge in [0.1, 0.15) is 5.75 Å². The smallest absolute Gasteiger partial charge is 0.134 e. The molecule has 4 heteroatoms. The van der Waals surface area contributed by atoms with Gasteiger partial charge in [-0.25, -0.2) is 0 Å². The topological polar surface area (TPSA) is 21.3 Å². The molecular formula is C16H17Br2NO. The lowest BCUT2D eigenvalue weighted by molar-refractivity contribution is 0.214. The molecule has 1 saturated heterocycles. The summed E-state index contributed by atoms with van der Waals surface area (Å²) in [7, 11) is 0. The van der Waals surface area contributed by atoms with Crippen LogP contribution in [0.4, 0.5) is 0 Å². The highest BCUT2D eigenvalue weighted by atomic mass is 79.9. The molecule has 1 aliphatic rings. The van der Waals surface area contributed by atoms with Crippen molar-refractivity contribution in [2.24, 2.45) is 5.92 Å². The number of hydrogen-bond donors (Lipinski definition) is 1. The van der Waals surface area contributed by atoms with Crippen molar-refractivity contribution in [2.45, 2.75) is 12.8 Å². The van der Waals surface area contributed by atoms with Gasteiger partial charge in [0, 0.05) is 4.47 Å². The molecule has 0 saturated carbocycles. The van der Waals surface area contributed by atoms with Crippen LogP contribution in [0.3, 0.4) is 0 Å². The molecule has 2 nitrogen and oxygen atoms in total. The molecule has 2 aromatic rings. The summed E-state index contributed by atoms with van der Waals surface area (Å²) in [6.07, 6.45) is 2.41. The van der Waals surface area contributed by atoms with E-state index in [1.807, 2.05) is 0 Å². The number of fused-ring (bicyclic) bond motifs is 1. The highest BCUT2D eigenvalue weighted by Crippen LogP contribution is 2.34. The summed E-state index contributed by atoms with van der Waals surface area (Å²) in [5.74, 6) is 1.61. The van der Waals surface area contributed by atoms with Crippen molar-refractivity contribution in [3.8, 4) is 5.75 Å². The first-order valence-corrected chi connectivity index (χ1v) is 8.54. The second kappa shape index (κ2) is 6.46. The van der Waals surface area contributed by atoms with Crippen molar-refractivity contribution < 1.29 is 4.74 Å². The Balaban J connectivity index is 1.77. The molecule has 1 aliphatic heterocycles. The van der Waals surface area contributed by atoms with Crippen molar-refractivity contribution in [3.63, 3.8) is 0 Å². The van der Waals surface area contributed by atoms with Gasteiger partial charge in [-0.05, 0) is 76.8 Å². The van der Waals surface area contributed by atoms with Gasteiger partial charge >= 0.3 is 0 Å². The van der Waals surface area contributed by atoms with E-state index in [2.05, 4.69) is 67.5 Å². The maximum absolute atomic E-state index is 6.03. The van der Waals surface area contributed by atoms with Gasteiger partial charge in [0.05, 0.1) is 11.1 Å². The Morgan fingerprint density at radius 3 is 2.70 bits per heavy atom. The van der Waals surface area contributed by atoms with E-state index in [9.17, 15) is 0 Å². The largest absolute Gasteiger partial charge is 0.492 e. The predicted molar refractivity (Wildman–Crippen MR) is 90.4 cm³/mol. The number of nitrogens with one attached hydrogen (secondary N) is 1. The molecule has 0 aromatic heterocycles. The van der Waals surface area contributed by atoms with Crippen LogP contribution in [0.5, 0.6) is 5.75 Å². The average Bonchev–Trinajstić information content (AvgIpc) is 2.47. The zero-order valence-corrected chi connectivity index (χ0v) is 14.3. The molecule has 1 N–H and O–H groups in total. The zero-order chi connectivity index (χ0) is 13.9. The van der Waals surface area contributed by atoms with Crippen molar-refractivity contribution >= 4 is 42.6 Å². The predicted octanol–water partition coefficient (Wildman–Crippen LogP) is 4.74. The molecule has 0 radical (unpaired) electrons. The number of rotatable bonds is 3. The van der Waals surface area contributed by atoms with Crippen LogP contribution in [0.1, 0.15) is 12.8 Å². The summed E-state index contributed by atoms with van der Waals surface area (Å²) in [6.45, 7) is 3.03. The quantitative estimate of drug-likeness (QED) is 0.805. The fraction of sp³-hybridized carbons (Fsp3) is 0.375. The second-order valence-electron chi connectivity index (χ2n) is 5.25. The number of ether oxygens (including phenoxy) is 1. The van der Waals surface area contributed by atoms with E-state index in [1.54, 1.807) is 0 Å². The first-order valence-electron chi connectivity index (χ1n) is 6.95. The normalized spacial score (nSPS) is 16.5. The summed E-state index contributed by atoms with van der Waals surface area (Å²) in [5.41, 5.74) is 0. The highest BCUT2D eigenvalue weighted by molar-refractivity contribution is 9.11.